The van der Waals surface area contributed by atoms with Crippen LogP contribution in [-0.4, -0.2) is 11.3 Å². The van der Waals surface area contributed by atoms with E-state index in [0.29, 0.717) is 0 Å². The first-order valence-corrected chi connectivity index (χ1v) is 25.8. The molecule has 332 valence electrons. The third-order valence-electron chi connectivity index (χ3n) is 14.8. The van der Waals surface area contributed by atoms with Crippen molar-refractivity contribution in [3.05, 3.63) is 180 Å². The number of nitrogens with zero attached hydrogens (tertiary/aromatic N) is 3. The van der Waals surface area contributed by atoms with Crippen LogP contribution in [0.1, 0.15) is 79.0 Å². The van der Waals surface area contributed by atoms with Gasteiger partial charge in [0.15, 0.2) is 0 Å². The average molecular weight is 916 g/mol. The number of rotatable bonds is 4. The number of para-hydroxylation sites is 1. The zero-order valence-corrected chi connectivity index (χ0v) is 42.0. The van der Waals surface area contributed by atoms with Gasteiger partial charge in [0.05, 0.1) is 31.8 Å². The van der Waals surface area contributed by atoms with E-state index in [-0.39, 0.29) is 23.0 Å². The minimum atomic E-state index is -0.0560. The van der Waals surface area contributed by atoms with Gasteiger partial charge in [0.25, 0.3) is 6.71 Å². The van der Waals surface area contributed by atoms with Crippen LogP contribution >= 0.6 is 22.7 Å². The van der Waals surface area contributed by atoms with E-state index >= 15 is 0 Å². The number of aromatic nitrogens is 1. The fourth-order valence-corrected chi connectivity index (χ4v) is 13.7. The molecular weight excluding hydrogens is 862 g/mol. The van der Waals surface area contributed by atoms with Gasteiger partial charge in [-0.1, -0.05) is 165 Å². The van der Waals surface area contributed by atoms with Crippen LogP contribution in [0.3, 0.4) is 0 Å². The maximum absolute atomic E-state index is 2.66. The Hall–Kier alpha value is -6.60. The van der Waals surface area contributed by atoms with Gasteiger partial charge in [-0.25, -0.2) is 0 Å². The van der Waals surface area contributed by atoms with Gasteiger partial charge in [0.1, 0.15) is 0 Å². The summed E-state index contributed by atoms with van der Waals surface area (Å²) < 4.78 is 7.94. The van der Waals surface area contributed by atoms with Crippen LogP contribution < -0.4 is 26.2 Å². The molecule has 11 aromatic rings. The molecule has 0 amide bonds. The standard InChI is InChI=1S/C62H54BN3S2/c1-60(2,3)37-24-29-40(30-25-37)64(41-31-26-38(27-32-41)61(4,5)6)42-35-51-55-52(36-42)66-56-46(59-57(66)45-17-11-13-23-54(45)68-59)19-14-20-48(56)63(55)47-33-28-39(62(7,8)9)34-50(47)65(51)49-21-15-18-44-43-16-10-12-22-53(43)67-58(44)49/h10-36H,1-9H3. The van der Waals surface area contributed by atoms with Crippen LogP contribution in [0.5, 0.6) is 0 Å². The summed E-state index contributed by atoms with van der Waals surface area (Å²) in [6.45, 7) is 20.9. The summed E-state index contributed by atoms with van der Waals surface area (Å²) in [5.74, 6) is 0. The van der Waals surface area contributed by atoms with Gasteiger partial charge in [-0.3, -0.25) is 0 Å². The molecule has 0 unspecified atom stereocenters. The van der Waals surface area contributed by atoms with Crippen molar-refractivity contribution in [3.63, 3.8) is 0 Å². The Morgan fingerprint density at radius 1 is 0.397 bits per heavy atom. The summed E-state index contributed by atoms with van der Waals surface area (Å²) >= 11 is 3.84. The fourth-order valence-electron chi connectivity index (χ4n) is 11.3. The average Bonchev–Trinajstić information content (AvgIpc) is 4.00. The minimum absolute atomic E-state index is 0.0213. The highest BCUT2D eigenvalue weighted by atomic mass is 32.1. The molecule has 0 saturated carbocycles. The molecule has 0 aliphatic carbocycles. The van der Waals surface area contributed by atoms with Crippen LogP contribution in [0.2, 0.25) is 0 Å². The molecule has 0 fully saturated rings. The Morgan fingerprint density at radius 2 is 0.941 bits per heavy atom. The van der Waals surface area contributed by atoms with E-state index in [0.717, 1.165) is 17.1 Å². The molecular formula is C62H54BN3S2. The number of fused-ring (bicyclic) bond motifs is 12. The van der Waals surface area contributed by atoms with Crippen molar-refractivity contribution in [1.29, 1.82) is 0 Å². The molecule has 0 bridgehead atoms. The quantitative estimate of drug-likeness (QED) is 0.163. The summed E-state index contributed by atoms with van der Waals surface area (Å²) in [4.78, 5) is 5.16. The Labute approximate surface area is 408 Å². The van der Waals surface area contributed by atoms with Gasteiger partial charge >= 0.3 is 0 Å². The monoisotopic (exact) mass is 915 g/mol. The second kappa shape index (κ2) is 14.5. The summed E-state index contributed by atoms with van der Waals surface area (Å²) in [5.41, 5.74) is 19.0. The third kappa shape index (κ3) is 6.09. The Balaban J connectivity index is 1.19. The first kappa shape index (κ1) is 41.6. The van der Waals surface area contributed by atoms with Gasteiger partial charge in [0, 0.05) is 59.4 Å². The van der Waals surface area contributed by atoms with Crippen LogP contribution in [-0.2, 0) is 16.2 Å². The summed E-state index contributed by atoms with van der Waals surface area (Å²) in [6.07, 6.45) is 0. The first-order valence-electron chi connectivity index (χ1n) is 24.1. The van der Waals surface area contributed by atoms with E-state index in [4.69, 9.17) is 0 Å². The van der Waals surface area contributed by atoms with Crippen molar-refractivity contribution in [3.8, 4) is 5.69 Å². The van der Waals surface area contributed by atoms with Gasteiger partial charge in [-0.05, 0) is 110 Å². The third-order valence-corrected chi connectivity index (χ3v) is 17.2. The topological polar surface area (TPSA) is 11.4 Å². The van der Waals surface area contributed by atoms with Crippen molar-refractivity contribution in [2.75, 3.05) is 9.80 Å². The maximum atomic E-state index is 2.66. The van der Waals surface area contributed by atoms with E-state index in [2.05, 4.69) is 240 Å². The summed E-state index contributed by atoms with van der Waals surface area (Å²) in [6, 6.07) is 63.1. The molecule has 0 N–H and O–H groups in total. The lowest BCUT2D eigenvalue weighted by Crippen LogP contribution is -2.60. The smallest absolute Gasteiger partial charge is 0.252 e. The molecule has 13 rings (SSSR count). The normalized spacial score (nSPS) is 13.6. The van der Waals surface area contributed by atoms with Crippen LogP contribution in [0.4, 0.5) is 34.1 Å². The van der Waals surface area contributed by atoms with E-state index in [1.54, 1.807) is 0 Å². The lowest BCUT2D eigenvalue weighted by atomic mass is 9.33. The highest BCUT2D eigenvalue weighted by Gasteiger charge is 2.44. The molecule has 0 atom stereocenters. The van der Waals surface area contributed by atoms with Gasteiger partial charge in [-0.15, -0.1) is 22.7 Å². The Bertz CT molecular complexity index is 3810. The lowest BCUT2D eigenvalue weighted by molar-refractivity contribution is 0.590. The van der Waals surface area contributed by atoms with E-state index in [9.17, 15) is 0 Å². The van der Waals surface area contributed by atoms with Crippen molar-refractivity contribution in [1.82, 2.24) is 4.57 Å². The molecule has 3 nitrogen and oxygen atoms in total. The predicted octanol–water partition coefficient (Wildman–Crippen LogP) is 16.3. The SMILES string of the molecule is CC(C)(C)c1ccc(N(c2ccc(C(C)(C)C)cc2)c2cc3c4c(c2)-n2c5c(cccc5c5sc6ccccc6c52)B4c2ccc(C(C)(C)C)cc2N3c2cccc3c2sc2ccccc23)cc1. The van der Waals surface area contributed by atoms with Crippen LogP contribution in [0, 0.1) is 0 Å². The molecule has 0 spiro atoms. The molecule has 68 heavy (non-hydrogen) atoms. The van der Waals surface area contributed by atoms with Gasteiger partial charge < -0.3 is 14.4 Å². The van der Waals surface area contributed by atoms with E-state index in [1.807, 2.05) is 22.7 Å². The highest BCUT2D eigenvalue weighted by Crippen LogP contribution is 2.51. The van der Waals surface area contributed by atoms with Crippen LogP contribution in [0.15, 0.2) is 164 Å². The molecule has 5 heterocycles. The fraction of sp³-hybridized carbons (Fsp3) is 0.194. The number of anilines is 6. The number of hydrogen-bond acceptors (Lipinski definition) is 4. The minimum Gasteiger partial charge on any atom is -0.310 e. The molecule has 2 aliphatic heterocycles. The Morgan fingerprint density at radius 3 is 1.60 bits per heavy atom. The number of thiophene rings is 2. The van der Waals surface area contributed by atoms with E-state index in [1.165, 1.54) is 107 Å². The zero-order chi connectivity index (χ0) is 46.6. The first-order chi connectivity index (χ1) is 32.6. The van der Waals surface area contributed by atoms with Crippen molar-refractivity contribution in [2.24, 2.45) is 0 Å². The zero-order valence-electron chi connectivity index (χ0n) is 40.3. The number of benzene rings is 8. The number of hydrogen-bond donors (Lipinski definition) is 0. The van der Waals surface area contributed by atoms with Gasteiger partial charge in [-0.2, -0.15) is 0 Å². The molecule has 0 radical (unpaired) electrons. The van der Waals surface area contributed by atoms with Crippen LogP contribution in [0.25, 0.3) is 57.1 Å². The Kier molecular flexibility index (Phi) is 8.84. The van der Waals surface area contributed by atoms with Gasteiger partial charge in [0.2, 0.25) is 0 Å². The summed E-state index contributed by atoms with van der Waals surface area (Å²) in [7, 11) is 0. The summed E-state index contributed by atoms with van der Waals surface area (Å²) in [5, 5.41) is 5.24. The molecule has 0 saturated heterocycles. The lowest BCUT2D eigenvalue weighted by Gasteiger charge is -2.42. The van der Waals surface area contributed by atoms with Crippen molar-refractivity contribution < 1.29 is 0 Å². The molecule has 3 aromatic heterocycles. The van der Waals surface area contributed by atoms with E-state index < -0.39 is 0 Å². The highest BCUT2D eigenvalue weighted by molar-refractivity contribution is 7.27. The van der Waals surface area contributed by atoms with Crippen molar-refractivity contribution >= 4 is 131 Å². The molecule has 6 heteroatoms. The maximum Gasteiger partial charge on any atom is 0.252 e. The van der Waals surface area contributed by atoms with Crippen molar-refractivity contribution in [2.45, 2.75) is 78.6 Å². The second-order valence-electron chi connectivity index (χ2n) is 22.2. The molecule has 8 aromatic carbocycles. The largest absolute Gasteiger partial charge is 0.310 e. The molecule has 2 aliphatic rings. The second-order valence-corrected chi connectivity index (χ2v) is 24.3. The predicted molar refractivity (Wildman–Crippen MR) is 299 cm³/mol.